The van der Waals surface area contributed by atoms with E-state index in [0.717, 1.165) is 56.6 Å². The predicted octanol–water partition coefficient (Wildman–Crippen LogP) is 14.6. The number of carboxylic acids is 4. The molecule has 1 aromatic rings. The molecular formula is C58H92O14. The maximum absolute atomic E-state index is 11.8. The number of benzene rings is 1. The van der Waals surface area contributed by atoms with E-state index in [-0.39, 0.29) is 34.4 Å². The smallest absolute Gasteiger partial charge is 0.338 e. The third-order valence-electron chi connectivity index (χ3n) is 9.79. The zero-order chi connectivity index (χ0) is 56.3. The molecule has 14 heteroatoms. The lowest BCUT2D eigenvalue weighted by atomic mass is 10.0. The highest BCUT2D eigenvalue weighted by Crippen LogP contribution is 2.16. The zero-order valence-corrected chi connectivity index (χ0v) is 45.3. The van der Waals surface area contributed by atoms with Crippen LogP contribution in [-0.2, 0) is 47.8 Å². The molecule has 0 radical (unpaired) electrons. The molecule has 14 nitrogen and oxygen atoms in total. The molecule has 0 aliphatic carbocycles. The lowest BCUT2D eigenvalue weighted by Crippen LogP contribution is -2.09. The van der Waals surface area contributed by atoms with Gasteiger partial charge in [0.15, 0.2) is 0 Å². The number of allylic oxidation sites excluding steroid dienone is 1. The average Bonchev–Trinajstić information content (AvgIpc) is 3.35. The summed E-state index contributed by atoms with van der Waals surface area (Å²) in [4.78, 5) is 73.7. The SMILES string of the molecule is C=C(C(=O)OCCCCCCCC)c1ccccc1.C=C(C)C(=O)O.C=C(C)C(=O)OC(CC)=C(C)C(=O)O.C=C(CCCC)C(=O)OCC.C=C(CCCCCCCCCCCC)C(=O)O.C=CC(=O)O. The summed E-state index contributed by atoms with van der Waals surface area (Å²) in [5, 5.41) is 32.8. The Morgan fingerprint density at radius 2 is 0.917 bits per heavy atom. The molecule has 0 unspecified atom stereocenters. The summed E-state index contributed by atoms with van der Waals surface area (Å²) in [5.74, 6) is -4.83. The van der Waals surface area contributed by atoms with E-state index in [9.17, 15) is 33.6 Å². The van der Waals surface area contributed by atoms with Crippen molar-refractivity contribution >= 4 is 47.4 Å². The van der Waals surface area contributed by atoms with Crippen LogP contribution in [0.15, 0.2) is 110 Å². The second-order valence-electron chi connectivity index (χ2n) is 16.5. The number of carbonyl (C=O) groups excluding carboxylic acids is 3. The number of carbonyl (C=O) groups is 7. The van der Waals surface area contributed by atoms with Gasteiger partial charge >= 0.3 is 41.8 Å². The second-order valence-corrected chi connectivity index (χ2v) is 16.5. The Labute approximate surface area is 432 Å². The minimum atomic E-state index is -1.09. The highest BCUT2D eigenvalue weighted by Gasteiger charge is 2.14. The number of unbranched alkanes of at least 4 members (excludes halogenated alkanes) is 15. The van der Waals surface area contributed by atoms with Gasteiger partial charge in [0, 0.05) is 34.8 Å². The fourth-order valence-corrected chi connectivity index (χ4v) is 5.28. The molecule has 0 heterocycles. The van der Waals surface area contributed by atoms with Crippen molar-refractivity contribution in [1.29, 1.82) is 0 Å². The summed E-state index contributed by atoms with van der Waals surface area (Å²) in [7, 11) is 0. The minimum Gasteiger partial charge on any atom is -0.478 e. The van der Waals surface area contributed by atoms with Crippen LogP contribution in [0.5, 0.6) is 0 Å². The summed E-state index contributed by atoms with van der Waals surface area (Å²) in [6.07, 6.45) is 24.6. The van der Waals surface area contributed by atoms with Crippen molar-refractivity contribution in [3.05, 3.63) is 115 Å². The van der Waals surface area contributed by atoms with Crippen LogP contribution in [0.1, 0.15) is 196 Å². The Bertz CT molecular complexity index is 1790. The van der Waals surface area contributed by atoms with E-state index in [0.29, 0.717) is 42.8 Å². The molecule has 0 aliphatic heterocycles. The number of hydrogen-bond acceptors (Lipinski definition) is 10. The van der Waals surface area contributed by atoms with Crippen molar-refractivity contribution in [2.75, 3.05) is 13.2 Å². The van der Waals surface area contributed by atoms with E-state index in [1.54, 1.807) is 13.8 Å². The minimum absolute atomic E-state index is 0.0436. The number of carboxylic acid groups (broad SMARTS) is 4. The Balaban J connectivity index is -0.000000262. The lowest BCUT2D eigenvalue weighted by molar-refractivity contribution is -0.139. The molecule has 0 aliphatic rings. The van der Waals surface area contributed by atoms with E-state index < -0.39 is 29.8 Å². The van der Waals surface area contributed by atoms with Crippen LogP contribution in [0, 0.1) is 0 Å². The van der Waals surface area contributed by atoms with Gasteiger partial charge in [0.1, 0.15) is 5.76 Å². The molecule has 1 rings (SSSR count). The van der Waals surface area contributed by atoms with Gasteiger partial charge in [-0.2, -0.15) is 0 Å². The predicted molar refractivity (Wildman–Crippen MR) is 290 cm³/mol. The first-order valence-electron chi connectivity index (χ1n) is 25.2. The van der Waals surface area contributed by atoms with Crippen molar-refractivity contribution in [1.82, 2.24) is 0 Å². The lowest BCUT2D eigenvalue weighted by Gasteiger charge is -2.08. The molecule has 0 aromatic heterocycles. The van der Waals surface area contributed by atoms with E-state index in [1.807, 2.05) is 30.3 Å². The van der Waals surface area contributed by atoms with Gasteiger partial charge in [0.05, 0.1) is 24.4 Å². The van der Waals surface area contributed by atoms with Crippen LogP contribution in [0.25, 0.3) is 5.57 Å². The largest absolute Gasteiger partial charge is 0.478 e. The first kappa shape index (κ1) is 74.6. The highest BCUT2D eigenvalue weighted by molar-refractivity contribution is 6.15. The monoisotopic (exact) mass is 1010 g/mol. The summed E-state index contributed by atoms with van der Waals surface area (Å²) in [6.45, 7) is 35.8. The fraction of sp³-hybridized carbons (Fsp3) is 0.534. The Morgan fingerprint density at radius 1 is 0.500 bits per heavy atom. The summed E-state index contributed by atoms with van der Waals surface area (Å²) in [5.41, 5.74) is 2.67. The van der Waals surface area contributed by atoms with Crippen LogP contribution in [0.4, 0.5) is 0 Å². The maximum atomic E-state index is 11.8. The quantitative estimate of drug-likeness (QED) is 0.0173. The number of hydrogen-bond donors (Lipinski definition) is 4. The van der Waals surface area contributed by atoms with Crippen LogP contribution in [0.2, 0.25) is 0 Å². The molecule has 0 bridgehead atoms. The van der Waals surface area contributed by atoms with Gasteiger partial charge in [-0.15, -0.1) is 0 Å². The van der Waals surface area contributed by atoms with E-state index in [1.165, 1.54) is 97.8 Å². The van der Waals surface area contributed by atoms with Gasteiger partial charge in [0.2, 0.25) is 0 Å². The van der Waals surface area contributed by atoms with Crippen LogP contribution in [-0.4, -0.2) is 75.4 Å². The molecule has 0 amide bonds. The number of aliphatic carboxylic acids is 4. The third-order valence-corrected chi connectivity index (χ3v) is 9.79. The molecule has 0 fully saturated rings. The molecule has 4 N–H and O–H groups in total. The average molecular weight is 1010 g/mol. The first-order chi connectivity index (χ1) is 34.0. The maximum Gasteiger partial charge on any atom is 0.338 e. The zero-order valence-electron chi connectivity index (χ0n) is 45.3. The van der Waals surface area contributed by atoms with Gasteiger partial charge in [0.25, 0.3) is 0 Å². The first-order valence-corrected chi connectivity index (χ1v) is 25.2. The normalized spacial score (nSPS) is 9.89. The Morgan fingerprint density at radius 3 is 1.28 bits per heavy atom. The van der Waals surface area contributed by atoms with Crippen molar-refractivity contribution in [2.24, 2.45) is 0 Å². The molecule has 0 spiro atoms. The van der Waals surface area contributed by atoms with Crippen LogP contribution < -0.4 is 0 Å². The van der Waals surface area contributed by atoms with Crippen LogP contribution in [0.3, 0.4) is 0 Å². The van der Waals surface area contributed by atoms with Crippen LogP contribution >= 0.6 is 0 Å². The van der Waals surface area contributed by atoms with Crippen molar-refractivity contribution in [2.45, 2.75) is 190 Å². The Hall–Kier alpha value is -6.31. The third kappa shape index (κ3) is 51.5. The molecular weight excluding hydrogens is 921 g/mol. The standard InChI is InChI=1S/C17H24O2.C15H28O2.C10H14O4.C9H16O2.C4H6O2.C3H4O2/c1-3-4-5-6-7-11-14-19-17(18)15(2)16-12-9-8-10-13-16;1-3-4-5-6-7-8-9-10-11-12-13-14(2)15(16)17;1-5-8(7(4)9(11)12)14-10(13)6(2)3;1-4-6-7-8(3)9(10)11-5-2;1-3(2)4(5)6;1-2-3(4)5/h8-10,12-13H,2-7,11,14H2,1H3;2-13H2,1H3,(H,16,17);2,5H2,1,3-4H3,(H,11,12);3-7H2,1-2H3;1H2,2H3,(H,5,6);2H,1H2,(H,4,5). The van der Waals surface area contributed by atoms with Crippen molar-refractivity contribution < 1.29 is 68.2 Å². The number of esters is 3. The van der Waals surface area contributed by atoms with Gasteiger partial charge in [-0.1, -0.05) is 194 Å². The molecule has 1 aromatic carbocycles. The van der Waals surface area contributed by atoms with E-state index in [4.69, 9.17) is 34.6 Å². The van der Waals surface area contributed by atoms with Gasteiger partial charge in [-0.3, -0.25) is 0 Å². The number of ether oxygens (including phenoxy) is 3. The van der Waals surface area contributed by atoms with Crippen molar-refractivity contribution in [3.8, 4) is 0 Å². The number of rotatable bonds is 32. The van der Waals surface area contributed by atoms with Crippen molar-refractivity contribution in [3.63, 3.8) is 0 Å². The molecule has 0 saturated carbocycles. The van der Waals surface area contributed by atoms with Gasteiger partial charge in [-0.05, 0) is 65.4 Å². The van der Waals surface area contributed by atoms with Gasteiger partial charge in [-0.25, -0.2) is 33.6 Å². The molecule has 72 heavy (non-hydrogen) atoms. The molecule has 0 atom stereocenters. The highest BCUT2D eigenvalue weighted by atomic mass is 16.5. The summed E-state index contributed by atoms with van der Waals surface area (Å²) >= 11 is 0. The van der Waals surface area contributed by atoms with Gasteiger partial charge < -0.3 is 34.6 Å². The second kappa shape index (κ2) is 52.5. The fourth-order valence-electron chi connectivity index (χ4n) is 5.28. The van der Waals surface area contributed by atoms with E-state index >= 15 is 0 Å². The van der Waals surface area contributed by atoms with E-state index in [2.05, 4.69) is 60.2 Å². The summed E-state index contributed by atoms with van der Waals surface area (Å²) in [6, 6.07) is 9.43. The Kier molecular flexibility index (Phi) is 54.4. The molecule has 0 saturated heterocycles. The summed E-state index contributed by atoms with van der Waals surface area (Å²) < 4.78 is 14.8. The molecule has 408 valence electrons. The topological polar surface area (TPSA) is 228 Å².